The SMILES string of the molecule is CNS(=O)(=O)c1ccc(CNc2c(Cl)cccc2Cl)o1. The molecule has 20 heavy (non-hydrogen) atoms. The van der Waals surface area contributed by atoms with Gasteiger partial charge in [0.1, 0.15) is 5.76 Å². The van der Waals surface area contributed by atoms with Gasteiger partial charge in [0.25, 0.3) is 10.0 Å². The maximum atomic E-state index is 11.5. The smallest absolute Gasteiger partial charge is 0.273 e. The predicted molar refractivity (Wildman–Crippen MR) is 78.7 cm³/mol. The molecular formula is C12H12Cl2N2O3S. The number of nitrogens with one attached hydrogen (secondary N) is 2. The predicted octanol–water partition coefficient (Wildman–Crippen LogP) is 3.11. The number of sulfonamides is 1. The number of halogens is 2. The van der Waals surface area contributed by atoms with Crippen LogP contribution in [-0.2, 0) is 16.6 Å². The van der Waals surface area contributed by atoms with Crippen LogP contribution in [0.5, 0.6) is 0 Å². The van der Waals surface area contributed by atoms with Crippen molar-refractivity contribution in [1.82, 2.24) is 4.72 Å². The third kappa shape index (κ3) is 3.27. The van der Waals surface area contributed by atoms with E-state index in [4.69, 9.17) is 27.6 Å². The molecule has 1 aromatic heterocycles. The van der Waals surface area contributed by atoms with E-state index < -0.39 is 10.0 Å². The molecule has 0 amide bonds. The Bertz CT molecular complexity index is 693. The molecule has 1 aromatic carbocycles. The molecule has 8 heteroatoms. The highest BCUT2D eigenvalue weighted by Crippen LogP contribution is 2.30. The first kappa shape index (κ1) is 15.2. The van der Waals surface area contributed by atoms with Gasteiger partial charge < -0.3 is 9.73 Å². The van der Waals surface area contributed by atoms with Crippen molar-refractivity contribution < 1.29 is 12.8 Å². The summed E-state index contributed by atoms with van der Waals surface area (Å²) in [5.74, 6) is 0.454. The van der Waals surface area contributed by atoms with Crippen molar-refractivity contribution in [3.05, 3.63) is 46.1 Å². The number of rotatable bonds is 5. The molecule has 1 heterocycles. The minimum atomic E-state index is -3.57. The molecule has 2 aromatic rings. The van der Waals surface area contributed by atoms with E-state index >= 15 is 0 Å². The second-order valence-corrected chi connectivity index (χ2v) is 6.51. The molecular weight excluding hydrogens is 323 g/mol. The van der Waals surface area contributed by atoms with Crippen LogP contribution in [0.2, 0.25) is 10.0 Å². The largest absolute Gasteiger partial charge is 0.446 e. The highest BCUT2D eigenvalue weighted by Gasteiger charge is 2.16. The minimum absolute atomic E-state index is 0.137. The van der Waals surface area contributed by atoms with Gasteiger partial charge in [-0.25, -0.2) is 13.1 Å². The Morgan fingerprint density at radius 2 is 1.80 bits per heavy atom. The lowest BCUT2D eigenvalue weighted by molar-refractivity contribution is 0.417. The van der Waals surface area contributed by atoms with Crippen LogP contribution in [0.25, 0.3) is 0 Å². The number of para-hydroxylation sites is 1. The van der Waals surface area contributed by atoms with Gasteiger partial charge in [-0.3, -0.25) is 0 Å². The molecule has 0 atom stereocenters. The van der Waals surface area contributed by atoms with Crippen molar-refractivity contribution >= 4 is 38.9 Å². The fourth-order valence-electron chi connectivity index (χ4n) is 1.54. The first-order valence-corrected chi connectivity index (χ1v) is 7.88. The molecule has 108 valence electrons. The Hall–Kier alpha value is -1.21. The van der Waals surface area contributed by atoms with Crippen molar-refractivity contribution in [2.45, 2.75) is 11.6 Å². The van der Waals surface area contributed by atoms with Crippen LogP contribution in [0.15, 0.2) is 39.8 Å². The van der Waals surface area contributed by atoms with Gasteiger partial charge in [0.2, 0.25) is 5.09 Å². The second-order valence-electron chi connectivity index (χ2n) is 3.88. The van der Waals surface area contributed by atoms with Gasteiger partial charge in [0.05, 0.1) is 22.3 Å². The summed E-state index contributed by atoms with van der Waals surface area (Å²) < 4.78 is 30.5. The lowest BCUT2D eigenvalue weighted by Crippen LogP contribution is -2.17. The summed E-state index contributed by atoms with van der Waals surface area (Å²) in [4.78, 5) is 0. The summed E-state index contributed by atoms with van der Waals surface area (Å²) >= 11 is 12.0. The molecule has 0 aliphatic rings. The summed E-state index contributed by atoms with van der Waals surface area (Å²) in [6.45, 7) is 0.267. The molecule has 0 radical (unpaired) electrons. The maximum absolute atomic E-state index is 11.5. The fourth-order valence-corrected chi connectivity index (χ4v) is 2.74. The van der Waals surface area contributed by atoms with Crippen molar-refractivity contribution in [2.75, 3.05) is 12.4 Å². The zero-order valence-corrected chi connectivity index (χ0v) is 12.8. The number of furan rings is 1. The molecule has 0 aliphatic heterocycles. The number of anilines is 1. The van der Waals surface area contributed by atoms with Crippen molar-refractivity contribution in [2.24, 2.45) is 0 Å². The van der Waals surface area contributed by atoms with E-state index in [1.54, 1.807) is 24.3 Å². The van der Waals surface area contributed by atoms with Crippen molar-refractivity contribution in [3.63, 3.8) is 0 Å². The minimum Gasteiger partial charge on any atom is -0.446 e. The normalized spacial score (nSPS) is 11.6. The van der Waals surface area contributed by atoms with Gasteiger partial charge in [0, 0.05) is 0 Å². The van der Waals surface area contributed by atoms with Crippen molar-refractivity contribution in [1.29, 1.82) is 0 Å². The van der Waals surface area contributed by atoms with E-state index in [1.165, 1.54) is 13.1 Å². The van der Waals surface area contributed by atoms with Crippen molar-refractivity contribution in [3.8, 4) is 0 Å². The Morgan fingerprint density at radius 3 is 2.40 bits per heavy atom. The lowest BCUT2D eigenvalue weighted by atomic mass is 10.3. The maximum Gasteiger partial charge on any atom is 0.273 e. The molecule has 0 aliphatic carbocycles. The summed E-state index contributed by atoms with van der Waals surface area (Å²) in [5, 5.41) is 3.83. The first-order valence-electron chi connectivity index (χ1n) is 5.64. The zero-order valence-electron chi connectivity index (χ0n) is 10.5. The van der Waals surface area contributed by atoms with Gasteiger partial charge in [-0.05, 0) is 31.3 Å². The lowest BCUT2D eigenvalue weighted by Gasteiger charge is -2.08. The van der Waals surface area contributed by atoms with E-state index in [2.05, 4.69) is 10.0 Å². The van der Waals surface area contributed by atoms with Crippen LogP contribution in [0, 0.1) is 0 Å². The van der Waals surface area contributed by atoms with Gasteiger partial charge in [-0.2, -0.15) is 0 Å². The standard InChI is InChI=1S/C12H12Cl2N2O3S/c1-15-20(17,18)11-6-5-8(19-11)7-16-12-9(13)3-2-4-10(12)14/h2-6,15-16H,7H2,1H3. The van der Waals surface area contributed by atoms with E-state index in [9.17, 15) is 8.42 Å². The van der Waals surface area contributed by atoms with Crippen LogP contribution in [0.4, 0.5) is 5.69 Å². The van der Waals surface area contributed by atoms with Crippen LogP contribution >= 0.6 is 23.2 Å². The number of hydrogen-bond acceptors (Lipinski definition) is 4. The van der Waals surface area contributed by atoms with Crippen LogP contribution in [-0.4, -0.2) is 15.5 Å². The summed E-state index contributed by atoms with van der Waals surface area (Å²) in [5.41, 5.74) is 0.574. The molecule has 0 saturated heterocycles. The summed E-state index contributed by atoms with van der Waals surface area (Å²) in [6.07, 6.45) is 0. The van der Waals surface area contributed by atoms with E-state index in [-0.39, 0.29) is 11.6 Å². The van der Waals surface area contributed by atoms with E-state index in [1.807, 2.05) is 0 Å². The number of hydrogen-bond donors (Lipinski definition) is 2. The van der Waals surface area contributed by atoms with Gasteiger partial charge in [-0.15, -0.1) is 0 Å². The quantitative estimate of drug-likeness (QED) is 0.881. The van der Waals surface area contributed by atoms with Crippen LogP contribution in [0.1, 0.15) is 5.76 Å². The Labute approximate surface area is 126 Å². The van der Waals surface area contributed by atoms with Gasteiger partial charge in [-0.1, -0.05) is 29.3 Å². The molecule has 0 unspecified atom stereocenters. The Morgan fingerprint density at radius 1 is 1.15 bits per heavy atom. The molecule has 0 fully saturated rings. The van der Waals surface area contributed by atoms with Gasteiger partial charge in [0.15, 0.2) is 0 Å². The third-order valence-corrected chi connectivity index (χ3v) is 4.49. The fraction of sp³-hybridized carbons (Fsp3) is 0.167. The van der Waals surface area contributed by atoms with Crippen LogP contribution in [0.3, 0.4) is 0 Å². The van der Waals surface area contributed by atoms with E-state index in [0.29, 0.717) is 21.5 Å². The van der Waals surface area contributed by atoms with Crippen LogP contribution < -0.4 is 10.0 Å². The highest BCUT2D eigenvalue weighted by molar-refractivity contribution is 7.89. The average molecular weight is 335 g/mol. The molecule has 0 saturated carbocycles. The molecule has 2 N–H and O–H groups in total. The summed E-state index contributed by atoms with van der Waals surface area (Å²) in [6, 6.07) is 8.10. The Kier molecular flexibility index (Phi) is 4.59. The third-order valence-electron chi connectivity index (χ3n) is 2.57. The highest BCUT2D eigenvalue weighted by atomic mass is 35.5. The van der Waals surface area contributed by atoms with Gasteiger partial charge >= 0.3 is 0 Å². The molecule has 0 spiro atoms. The topological polar surface area (TPSA) is 71.3 Å². The zero-order chi connectivity index (χ0) is 14.8. The molecule has 5 nitrogen and oxygen atoms in total. The summed E-state index contributed by atoms with van der Waals surface area (Å²) in [7, 11) is -2.25. The average Bonchev–Trinajstić information content (AvgIpc) is 2.88. The second kappa shape index (κ2) is 6.05. The molecule has 0 bridgehead atoms. The Balaban J connectivity index is 2.13. The molecule has 2 rings (SSSR count). The van der Waals surface area contributed by atoms with E-state index in [0.717, 1.165) is 0 Å². The number of benzene rings is 1. The first-order chi connectivity index (χ1) is 9.44. The monoisotopic (exact) mass is 334 g/mol.